The minimum atomic E-state index is -0.606. The standard InChI is InChI=1S/C23H23FN2O/c1-3-4-13-23(2,15-17-9-6-5-7-10-17)22(27)26-19-14-18-11-8-12-20(24)21(18)25-16-19/h3-12,14,16H,13,15H2,1-2H3,(H,26,27)/b4-3-. The summed E-state index contributed by atoms with van der Waals surface area (Å²) in [5, 5.41) is 3.62. The van der Waals surface area contributed by atoms with Crippen LogP contribution < -0.4 is 5.32 Å². The van der Waals surface area contributed by atoms with Gasteiger partial charge in [-0.3, -0.25) is 9.78 Å². The average molecular weight is 362 g/mol. The van der Waals surface area contributed by atoms with Gasteiger partial charge in [-0.2, -0.15) is 0 Å². The predicted molar refractivity (Wildman–Crippen MR) is 108 cm³/mol. The van der Waals surface area contributed by atoms with Gasteiger partial charge in [0, 0.05) is 5.39 Å². The number of hydrogen-bond acceptors (Lipinski definition) is 2. The Balaban J connectivity index is 1.85. The van der Waals surface area contributed by atoms with Crippen molar-refractivity contribution < 1.29 is 9.18 Å². The molecule has 0 aliphatic heterocycles. The van der Waals surface area contributed by atoms with E-state index in [-0.39, 0.29) is 11.7 Å². The zero-order valence-corrected chi connectivity index (χ0v) is 15.6. The number of halogens is 1. The molecule has 3 rings (SSSR count). The van der Waals surface area contributed by atoms with E-state index in [4.69, 9.17) is 0 Å². The molecule has 0 radical (unpaired) electrons. The van der Waals surface area contributed by atoms with Crippen molar-refractivity contribution in [2.75, 3.05) is 5.32 Å². The molecule has 0 saturated carbocycles. The van der Waals surface area contributed by atoms with E-state index in [0.717, 1.165) is 5.56 Å². The number of hydrogen-bond donors (Lipinski definition) is 1. The molecule has 0 fully saturated rings. The Labute approximate surface area is 158 Å². The normalized spacial score (nSPS) is 13.6. The number of rotatable bonds is 6. The van der Waals surface area contributed by atoms with Gasteiger partial charge < -0.3 is 5.32 Å². The zero-order valence-electron chi connectivity index (χ0n) is 15.6. The zero-order chi connectivity index (χ0) is 19.3. The van der Waals surface area contributed by atoms with Gasteiger partial charge in [0.15, 0.2) is 0 Å². The fraction of sp³-hybridized carbons (Fsp3) is 0.217. The molecule has 1 heterocycles. The molecule has 3 nitrogen and oxygen atoms in total. The van der Waals surface area contributed by atoms with E-state index in [1.807, 2.05) is 56.3 Å². The molecule has 2 aromatic carbocycles. The number of pyridine rings is 1. The summed E-state index contributed by atoms with van der Waals surface area (Å²) in [6.45, 7) is 3.91. The lowest BCUT2D eigenvalue weighted by Gasteiger charge is -2.27. The molecule has 1 unspecified atom stereocenters. The number of allylic oxidation sites excluding steroid dienone is 2. The molecule has 4 heteroatoms. The molecule has 1 atom stereocenters. The summed E-state index contributed by atoms with van der Waals surface area (Å²) in [4.78, 5) is 17.3. The smallest absolute Gasteiger partial charge is 0.231 e. The fourth-order valence-electron chi connectivity index (χ4n) is 3.14. The van der Waals surface area contributed by atoms with Gasteiger partial charge in [0.25, 0.3) is 0 Å². The lowest BCUT2D eigenvalue weighted by molar-refractivity contribution is -0.124. The van der Waals surface area contributed by atoms with Crippen molar-refractivity contribution in [2.24, 2.45) is 5.41 Å². The van der Waals surface area contributed by atoms with Crippen LogP contribution in [0.25, 0.3) is 10.9 Å². The van der Waals surface area contributed by atoms with Crippen LogP contribution in [0.15, 0.2) is 72.9 Å². The van der Waals surface area contributed by atoms with Crippen LogP contribution in [0.1, 0.15) is 25.8 Å². The number of para-hydroxylation sites is 1. The van der Waals surface area contributed by atoms with E-state index in [9.17, 15) is 9.18 Å². The van der Waals surface area contributed by atoms with E-state index in [2.05, 4.69) is 10.3 Å². The van der Waals surface area contributed by atoms with Crippen LogP contribution in [-0.4, -0.2) is 10.9 Å². The van der Waals surface area contributed by atoms with Gasteiger partial charge in [-0.15, -0.1) is 0 Å². The molecule has 3 aromatic rings. The fourth-order valence-corrected chi connectivity index (χ4v) is 3.14. The van der Waals surface area contributed by atoms with Crippen molar-refractivity contribution in [3.63, 3.8) is 0 Å². The summed E-state index contributed by atoms with van der Waals surface area (Å²) in [5.41, 5.74) is 1.37. The molecule has 0 bridgehead atoms. The number of carbonyl (C=O) groups is 1. The van der Waals surface area contributed by atoms with Crippen molar-refractivity contribution in [3.8, 4) is 0 Å². The molecule has 0 aliphatic rings. The van der Waals surface area contributed by atoms with Gasteiger partial charge in [0.05, 0.1) is 17.3 Å². The molecular formula is C23H23FN2O. The number of carbonyl (C=O) groups excluding carboxylic acids is 1. The monoisotopic (exact) mass is 362 g/mol. The van der Waals surface area contributed by atoms with E-state index in [1.165, 1.54) is 12.3 Å². The van der Waals surface area contributed by atoms with Gasteiger partial charge in [-0.25, -0.2) is 4.39 Å². The highest BCUT2D eigenvalue weighted by Crippen LogP contribution is 2.30. The second-order valence-electron chi connectivity index (χ2n) is 6.99. The van der Waals surface area contributed by atoms with Crippen LogP contribution in [0.5, 0.6) is 0 Å². The second kappa shape index (κ2) is 8.12. The number of amides is 1. The molecule has 0 spiro atoms. The third-order valence-electron chi connectivity index (χ3n) is 4.71. The first-order valence-electron chi connectivity index (χ1n) is 9.03. The molecule has 1 aromatic heterocycles. The van der Waals surface area contributed by atoms with Crippen LogP contribution in [0.2, 0.25) is 0 Å². The summed E-state index contributed by atoms with van der Waals surface area (Å²) in [6.07, 6.45) is 6.72. The summed E-state index contributed by atoms with van der Waals surface area (Å²) in [7, 11) is 0. The topological polar surface area (TPSA) is 42.0 Å². The van der Waals surface area contributed by atoms with Crippen molar-refractivity contribution in [3.05, 3.63) is 84.3 Å². The van der Waals surface area contributed by atoms with Crippen LogP contribution in [0, 0.1) is 11.2 Å². The Hall–Kier alpha value is -3.01. The van der Waals surface area contributed by atoms with E-state index >= 15 is 0 Å². The maximum Gasteiger partial charge on any atom is 0.231 e. The quantitative estimate of drug-likeness (QED) is 0.586. The Morgan fingerprint density at radius 2 is 1.96 bits per heavy atom. The van der Waals surface area contributed by atoms with Crippen molar-refractivity contribution in [1.29, 1.82) is 0 Å². The minimum Gasteiger partial charge on any atom is -0.324 e. The highest BCUT2D eigenvalue weighted by molar-refractivity contribution is 5.97. The summed E-state index contributed by atoms with van der Waals surface area (Å²) >= 11 is 0. The maximum absolute atomic E-state index is 13.8. The molecule has 1 N–H and O–H groups in total. The summed E-state index contributed by atoms with van der Waals surface area (Å²) < 4.78 is 13.8. The SMILES string of the molecule is C/C=C\CC(C)(Cc1ccccc1)C(=O)Nc1cnc2c(F)cccc2c1. The highest BCUT2D eigenvalue weighted by Gasteiger charge is 2.32. The molecule has 27 heavy (non-hydrogen) atoms. The van der Waals surface area contributed by atoms with E-state index in [1.54, 1.807) is 18.2 Å². The highest BCUT2D eigenvalue weighted by atomic mass is 19.1. The molecule has 0 saturated heterocycles. The number of benzene rings is 2. The Kier molecular flexibility index (Phi) is 5.65. The third kappa shape index (κ3) is 4.40. The molecule has 138 valence electrons. The second-order valence-corrected chi connectivity index (χ2v) is 6.99. The Morgan fingerprint density at radius 1 is 1.19 bits per heavy atom. The lowest BCUT2D eigenvalue weighted by Crippen LogP contribution is -2.35. The number of nitrogens with zero attached hydrogens (tertiary/aromatic N) is 1. The maximum atomic E-state index is 13.8. The molecule has 1 amide bonds. The number of anilines is 1. The van der Waals surface area contributed by atoms with Crippen LogP contribution in [-0.2, 0) is 11.2 Å². The van der Waals surface area contributed by atoms with Crippen molar-refractivity contribution in [2.45, 2.75) is 26.7 Å². The number of fused-ring (bicyclic) bond motifs is 1. The van der Waals surface area contributed by atoms with E-state index < -0.39 is 5.41 Å². The summed E-state index contributed by atoms with van der Waals surface area (Å²) in [5.74, 6) is -0.450. The average Bonchev–Trinajstić information content (AvgIpc) is 2.67. The van der Waals surface area contributed by atoms with Crippen LogP contribution in [0.3, 0.4) is 0 Å². The van der Waals surface area contributed by atoms with Gasteiger partial charge in [0.1, 0.15) is 11.3 Å². The Morgan fingerprint density at radius 3 is 2.70 bits per heavy atom. The molecular weight excluding hydrogens is 339 g/mol. The number of nitrogens with one attached hydrogen (secondary N) is 1. The van der Waals surface area contributed by atoms with Gasteiger partial charge in [-0.1, -0.05) is 61.5 Å². The minimum absolute atomic E-state index is 0.0815. The van der Waals surface area contributed by atoms with Crippen molar-refractivity contribution >= 4 is 22.5 Å². The third-order valence-corrected chi connectivity index (χ3v) is 4.71. The first-order chi connectivity index (χ1) is 13.0. The molecule has 0 aliphatic carbocycles. The van der Waals surface area contributed by atoms with E-state index in [0.29, 0.717) is 29.4 Å². The van der Waals surface area contributed by atoms with Crippen LogP contribution >= 0.6 is 0 Å². The lowest BCUT2D eigenvalue weighted by atomic mass is 9.79. The van der Waals surface area contributed by atoms with Gasteiger partial charge >= 0.3 is 0 Å². The Bertz CT molecular complexity index is 969. The first-order valence-corrected chi connectivity index (χ1v) is 9.03. The van der Waals surface area contributed by atoms with Gasteiger partial charge in [0.2, 0.25) is 5.91 Å². The summed E-state index contributed by atoms with van der Waals surface area (Å²) in [6, 6.07) is 16.5. The largest absolute Gasteiger partial charge is 0.324 e. The van der Waals surface area contributed by atoms with Crippen molar-refractivity contribution in [1.82, 2.24) is 4.98 Å². The van der Waals surface area contributed by atoms with Gasteiger partial charge in [-0.05, 0) is 37.5 Å². The number of aromatic nitrogens is 1. The van der Waals surface area contributed by atoms with Crippen LogP contribution in [0.4, 0.5) is 10.1 Å². The first kappa shape index (κ1) is 18.8. The predicted octanol–water partition coefficient (Wildman–Crippen LogP) is 5.53.